The minimum Gasteiger partial charge on any atom is -0.366 e. The maximum atomic E-state index is 13.9. The van der Waals surface area contributed by atoms with Gasteiger partial charge in [0.05, 0.1) is 6.54 Å². The molecule has 1 aliphatic rings. The van der Waals surface area contributed by atoms with Crippen molar-refractivity contribution in [3.63, 3.8) is 0 Å². The van der Waals surface area contributed by atoms with Gasteiger partial charge in [0.25, 0.3) is 5.91 Å². The highest BCUT2D eigenvalue weighted by Crippen LogP contribution is 2.26. The van der Waals surface area contributed by atoms with Gasteiger partial charge in [-0.05, 0) is 35.9 Å². The molecule has 0 atom stereocenters. The molecule has 0 fully saturated rings. The number of hydrogen-bond donors (Lipinski definition) is 1. The van der Waals surface area contributed by atoms with E-state index in [0.29, 0.717) is 49.3 Å². The molecule has 36 heavy (non-hydrogen) atoms. The fourth-order valence-corrected chi connectivity index (χ4v) is 4.87. The van der Waals surface area contributed by atoms with Crippen LogP contribution < -0.4 is 5.32 Å². The van der Waals surface area contributed by atoms with Crippen molar-refractivity contribution in [3.8, 4) is 0 Å². The fraction of sp³-hybridized carbons (Fsp3) is 0.241. The maximum Gasteiger partial charge on any atom is 0.274 e. The molecule has 0 unspecified atom stereocenters. The zero-order chi connectivity index (χ0) is 24.9. The Hall–Kier alpha value is -3.61. The van der Waals surface area contributed by atoms with Crippen molar-refractivity contribution >= 4 is 23.3 Å². The Morgan fingerprint density at radius 3 is 2.31 bits per heavy atom. The van der Waals surface area contributed by atoms with Gasteiger partial charge in [-0.1, -0.05) is 84.4 Å². The van der Waals surface area contributed by atoms with Gasteiger partial charge in [-0.2, -0.15) is 0 Å². The van der Waals surface area contributed by atoms with Crippen molar-refractivity contribution in [2.45, 2.75) is 26.2 Å². The molecule has 1 aromatic heterocycles. The van der Waals surface area contributed by atoms with E-state index in [1.807, 2.05) is 53.4 Å². The van der Waals surface area contributed by atoms with Crippen molar-refractivity contribution in [1.29, 1.82) is 0 Å². The second kappa shape index (κ2) is 11.0. The third-order valence-electron chi connectivity index (χ3n) is 6.36. The number of carbonyl (C=O) groups excluding carboxylic acids is 1. The van der Waals surface area contributed by atoms with E-state index in [0.717, 1.165) is 23.5 Å². The van der Waals surface area contributed by atoms with Crippen molar-refractivity contribution in [2.24, 2.45) is 0 Å². The molecule has 0 saturated carbocycles. The quantitative estimate of drug-likeness (QED) is 0.358. The van der Waals surface area contributed by atoms with Crippen molar-refractivity contribution in [3.05, 3.63) is 118 Å². The predicted molar refractivity (Wildman–Crippen MR) is 144 cm³/mol. The van der Waals surface area contributed by atoms with E-state index in [2.05, 4.69) is 58.2 Å². The monoisotopic (exact) mass is 499 g/mol. The summed E-state index contributed by atoms with van der Waals surface area (Å²) in [4.78, 5) is 23.0. The summed E-state index contributed by atoms with van der Waals surface area (Å²) in [6.07, 6.45) is 0. The molecule has 3 aromatic carbocycles. The summed E-state index contributed by atoms with van der Waals surface area (Å²) in [5.74, 6) is 1.51. The number of imidazole rings is 1. The predicted octanol–water partition coefficient (Wildman–Crippen LogP) is 5.28. The molecule has 0 spiro atoms. The van der Waals surface area contributed by atoms with E-state index >= 15 is 0 Å². The Morgan fingerprint density at radius 1 is 0.889 bits per heavy atom. The maximum absolute atomic E-state index is 13.9. The Morgan fingerprint density at radius 2 is 1.58 bits per heavy atom. The number of carbonyl (C=O) groups is 1. The van der Waals surface area contributed by atoms with Crippen LogP contribution in [0, 0.1) is 0 Å². The fourth-order valence-electron chi connectivity index (χ4n) is 4.66. The molecule has 184 valence electrons. The first kappa shape index (κ1) is 24.1. The van der Waals surface area contributed by atoms with Crippen LogP contribution in [-0.4, -0.2) is 45.4 Å². The van der Waals surface area contributed by atoms with Crippen molar-refractivity contribution in [1.82, 2.24) is 19.4 Å². The molecule has 2 heterocycles. The Kier molecular flexibility index (Phi) is 7.35. The van der Waals surface area contributed by atoms with Gasteiger partial charge >= 0.3 is 0 Å². The van der Waals surface area contributed by atoms with Gasteiger partial charge < -0.3 is 14.8 Å². The molecule has 1 aliphatic heterocycles. The van der Waals surface area contributed by atoms with Crippen LogP contribution >= 0.6 is 11.6 Å². The number of fused-ring (bicyclic) bond motifs is 1. The molecule has 4 aromatic rings. The number of benzene rings is 3. The molecule has 5 rings (SSSR count). The second-order valence-corrected chi connectivity index (χ2v) is 9.67. The average Bonchev–Trinajstić information content (AvgIpc) is 3.12. The lowest BCUT2D eigenvalue weighted by molar-refractivity contribution is 0.0744. The van der Waals surface area contributed by atoms with Crippen molar-refractivity contribution in [2.75, 3.05) is 25.5 Å². The second-order valence-electron chi connectivity index (χ2n) is 9.24. The van der Waals surface area contributed by atoms with Gasteiger partial charge in [-0.3, -0.25) is 9.69 Å². The van der Waals surface area contributed by atoms with Crippen LogP contribution in [0.2, 0.25) is 5.02 Å². The molecule has 0 radical (unpaired) electrons. The molecule has 1 amide bonds. The molecule has 0 bridgehead atoms. The van der Waals surface area contributed by atoms with E-state index in [9.17, 15) is 4.79 Å². The van der Waals surface area contributed by atoms with E-state index in [1.54, 1.807) is 0 Å². The first-order valence-corrected chi connectivity index (χ1v) is 12.6. The van der Waals surface area contributed by atoms with Crippen LogP contribution in [0.1, 0.15) is 33.0 Å². The summed E-state index contributed by atoms with van der Waals surface area (Å²) in [6, 6.07) is 28.3. The van der Waals surface area contributed by atoms with Crippen LogP contribution in [0.5, 0.6) is 0 Å². The lowest BCUT2D eigenvalue weighted by Gasteiger charge is -2.23. The van der Waals surface area contributed by atoms with Crippen molar-refractivity contribution < 1.29 is 4.79 Å². The van der Waals surface area contributed by atoms with Crippen LogP contribution in [0.3, 0.4) is 0 Å². The highest BCUT2D eigenvalue weighted by molar-refractivity contribution is 6.30. The van der Waals surface area contributed by atoms with Gasteiger partial charge in [0, 0.05) is 37.7 Å². The lowest BCUT2D eigenvalue weighted by Crippen LogP contribution is -2.34. The third-order valence-corrected chi connectivity index (χ3v) is 6.60. The highest BCUT2D eigenvalue weighted by atomic mass is 35.5. The smallest absolute Gasteiger partial charge is 0.274 e. The number of aromatic nitrogens is 2. The van der Waals surface area contributed by atoms with Crippen LogP contribution in [-0.2, 0) is 26.2 Å². The summed E-state index contributed by atoms with van der Waals surface area (Å²) in [6.45, 7) is 3.73. The largest absolute Gasteiger partial charge is 0.366 e. The van der Waals surface area contributed by atoms with E-state index in [-0.39, 0.29) is 5.91 Å². The number of anilines is 1. The topological polar surface area (TPSA) is 53.4 Å². The number of rotatable bonds is 8. The number of nitrogens with one attached hydrogen (secondary N) is 1. The minimum absolute atomic E-state index is 0.0182. The standard InChI is InChI=1S/C29H30ClN5O/c1-33(18-22-9-4-2-5-10-22)21-26-32-28-27(35(26)20-23-11-6-3-7-12-23)29(36)34(16-15-31-28)19-24-13-8-14-25(30)17-24/h2-14,17,31H,15-16,18-21H2,1H3. The Balaban J connectivity index is 1.46. The Bertz CT molecular complexity index is 1320. The number of nitrogens with zero attached hydrogens (tertiary/aromatic N) is 4. The first-order valence-electron chi connectivity index (χ1n) is 12.2. The number of amides is 1. The van der Waals surface area contributed by atoms with Crippen LogP contribution in [0.4, 0.5) is 5.82 Å². The minimum atomic E-state index is -0.0182. The average molecular weight is 500 g/mol. The van der Waals surface area contributed by atoms with Gasteiger partial charge in [-0.25, -0.2) is 4.98 Å². The summed E-state index contributed by atoms with van der Waals surface area (Å²) in [7, 11) is 2.08. The first-order chi connectivity index (χ1) is 17.6. The highest BCUT2D eigenvalue weighted by Gasteiger charge is 2.30. The van der Waals surface area contributed by atoms with E-state index in [1.165, 1.54) is 5.56 Å². The normalized spacial score (nSPS) is 13.4. The van der Waals surface area contributed by atoms with Gasteiger partial charge in [-0.15, -0.1) is 0 Å². The van der Waals surface area contributed by atoms with E-state index in [4.69, 9.17) is 16.6 Å². The molecule has 7 heteroatoms. The van der Waals surface area contributed by atoms with E-state index < -0.39 is 0 Å². The zero-order valence-electron chi connectivity index (χ0n) is 20.4. The summed E-state index contributed by atoms with van der Waals surface area (Å²) in [5.41, 5.74) is 3.99. The molecule has 0 saturated heterocycles. The number of halogens is 1. The zero-order valence-corrected chi connectivity index (χ0v) is 21.2. The molecule has 0 aliphatic carbocycles. The summed E-state index contributed by atoms with van der Waals surface area (Å²) >= 11 is 6.20. The SMILES string of the molecule is CN(Cc1ccccc1)Cc1nc2c(n1Cc1ccccc1)C(=O)N(Cc1cccc(Cl)c1)CCN2. The van der Waals surface area contributed by atoms with Gasteiger partial charge in [0.1, 0.15) is 5.82 Å². The van der Waals surface area contributed by atoms with Gasteiger partial charge in [0.15, 0.2) is 11.5 Å². The molecule has 1 N–H and O–H groups in total. The lowest BCUT2D eigenvalue weighted by atomic mass is 10.2. The van der Waals surface area contributed by atoms with Crippen LogP contribution in [0.25, 0.3) is 0 Å². The number of hydrogen-bond acceptors (Lipinski definition) is 4. The third kappa shape index (κ3) is 5.61. The molecule has 6 nitrogen and oxygen atoms in total. The summed E-state index contributed by atoms with van der Waals surface area (Å²) in [5, 5.41) is 4.09. The summed E-state index contributed by atoms with van der Waals surface area (Å²) < 4.78 is 2.08. The Labute approximate surface area is 217 Å². The van der Waals surface area contributed by atoms with Gasteiger partial charge in [0.2, 0.25) is 0 Å². The molecular weight excluding hydrogens is 470 g/mol. The molecular formula is C29H30ClN5O. The van der Waals surface area contributed by atoms with Crippen LogP contribution in [0.15, 0.2) is 84.9 Å².